The fourth-order valence-corrected chi connectivity index (χ4v) is 3.74. The zero-order valence-corrected chi connectivity index (χ0v) is 15.2. The van der Waals surface area contributed by atoms with Crippen LogP contribution >= 0.6 is 0 Å². The Morgan fingerprint density at radius 3 is 1.83 bits per heavy atom. The van der Waals surface area contributed by atoms with Crippen LogP contribution in [0.4, 0.5) is 0 Å². The molecule has 0 spiro atoms. The molecule has 0 aliphatic carbocycles. The molecular formula is C18H32N2O2S. The average Bonchev–Trinajstić information content (AvgIpc) is 2.57. The van der Waals surface area contributed by atoms with Crippen LogP contribution in [0.25, 0.3) is 0 Å². The summed E-state index contributed by atoms with van der Waals surface area (Å²) < 4.78 is 25.4. The lowest BCUT2D eigenvalue weighted by atomic mass is 10.1. The molecule has 132 valence electrons. The van der Waals surface area contributed by atoms with Gasteiger partial charge in [0.25, 0.3) is 10.0 Å². The second-order valence-electron chi connectivity index (χ2n) is 6.11. The van der Waals surface area contributed by atoms with Crippen LogP contribution in [0.5, 0.6) is 0 Å². The van der Waals surface area contributed by atoms with Gasteiger partial charge in [-0.3, -0.25) is 5.84 Å². The number of hydrogen-bond donors (Lipinski definition) is 1. The highest BCUT2D eigenvalue weighted by Gasteiger charge is 2.20. The van der Waals surface area contributed by atoms with E-state index in [4.69, 9.17) is 5.84 Å². The molecule has 23 heavy (non-hydrogen) atoms. The number of benzene rings is 1. The predicted molar refractivity (Wildman–Crippen MR) is 96.4 cm³/mol. The van der Waals surface area contributed by atoms with Crippen molar-refractivity contribution in [3.8, 4) is 0 Å². The molecular weight excluding hydrogens is 308 g/mol. The predicted octanol–water partition coefficient (Wildman–Crippen LogP) is 4.47. The highest BCUT2D eigenvalue weighted by Crippen LogP contribution is 2.14. The Morgan fingerprint density at radius 1 is 0.826 bits per heavy atom. The summed E-state index contributed by atoms with van der Waals surface area (Å²) >= 11 is 0. The molecule has 1 aromatic rings. The molecule has 0 unspecified atom stereocenters. The van der Waals surface area contributed by atoms with Crippen LogP contribution in [-0.4, -0.2) is 19.4 Å². The van der Waals surface area contributed by atoms with Crippen molar-refractivity contribution in [1.82, 2.24) is 4.41 Å². The summed E-state index contributed by atoms with van der Waals surface area (Å²) in [6.45, 7) is 2.62. The van der Waals surface area contributed by atoms with Gasteiger partial charge in [0.1, 0.15) is 0 Å². The van der Waals surface area contributed by atoms with E-state index in [2.05, 4.69) is 6.92 Å². The first-order chi connectivity index (χ1) is 11.1. The number of sulfonamides is 1. The van der Waals surface area contributed by atoms with E-state index in [1.807, 2.05) is 0 Å². The third-order valence-corrected chi connectivity index (χ3v) is 5.75. The topological polar surface area (TPSA) is 63.4 Å². The normalized spacial score (nSPS) is 12.0. The maximum absolute atomic E-state index is 12.2. The smallest absolute Gasteiger partial charge is 0.255 e. The molecule has 0 fully saturated rings. The molecule has 0 amide bonds. The van der Waals surface area contributed by atoms with Crippen LogP contribution in [0.2, 0.25) is 0 Å². The van der Waals surface area contributed by atoms with E-state index in [-0.39, 0.29) is 4.90 Å². The number of rotatable bonds is 13. The van der Waals surface area contributed by atoms with E-state index in [0.717, 1.165) is 23.7 Å². The first kappa shape index (κ1) is 20.1. The molecule has 5 heteroatoms. The Kier molecular flexibility index (Phi) is 10.2. The average molecular weight is 341 g/mol. The van der Waals surface area contributed by atoms with Gasteiger partial charge in [0.05, 0.1) is 4.90 Å². The minimum atomic E-state index is -3.54. The van der Waals surface area contributed by atoms with E-state index in [0.29, 0.717) is 6.54 Å². The Bertz CT molecular complexity index is 503. The molecule has 0 radical (unpaired) electrons. The summed E-state index contributed by atoms with van der Waals surface area (Å²) in [6.07, 6.45) is 12.2. The molecule has 1 aromatic carbocycles. The molecule has 0 aliphatic rings. The SMILES string of the molecule is CCCCCCCCCCCCN(N)S(=O)(=O)c1ccccc1. The number of nitrogens with two attached hydrogens (primary N) is 1. The molecule has 0 aliphatic heterocycles. The maximum atomic E-state index is 12.2. The second kappa shape index (κ2) is 11.6. The highest BCUT2D eigenvalue weighted by molar-refractivity contribution is 7.89. The van der Waals surface area contributed by atoms with Gasteiger partial charge >= 0.3 is 0 Å². The Labute approximate surface area is 142 Å². The van der Waals surface area contributed by atoms with Gasteiger partial charge in [-0.15, -0.1) is 4.41 Å². The maximum Gasteiger partial charge on any atom is 0.255 e. The Morgan fingerprint density at radius 2 is 1.30 bits per heavy atom. The van der Waals surface area contributed by atoms with Crippen LogP contribution in [0.15, 0.2) is 35.2 Å². The third-order valence-electron chi connectivity index (χ3n) is 4.08. The lowest BCUT2D eigenvalue weighted by Gasteiger charge is -2.16. The minimum Gasteiger partial charge on any atom is -0.255 e. The van der Waals surface area contributed by atoms with E-state index in [1.165, 1.54) is 44.9 Å². The highest BCUT2D eigenvalue weighted by atomic mass is 32.2. The van der Waals surface area contributed by atoms with Gasteiger partial charge in [0.2, 0.25) is 0 Å². The molecule has 0 aromatic heterocycles. The molecule has 2 N–H and O–H groups in total. The molecule has 0 heterocycles. The van der Waals surface area contributed by atoms with Gasteiger partial charge in [-0.2, -0.15) is 0 Å². The molecule has 4 nitrogen and oxygen atoms in total. The van der Waals surface area contributed by atoms with Gasteiger partial charge < -0.3 is 0 Å². The van der Waals surface area contributed by atoms with Crippen molar-refractivity contribution in [2.24, 2.45) is 5.84 Å². The van der Waals surface area contributed by atoms with Crippen molar-refractivity contribution in [3.63, 3.8) is 0 Å². The first-order valence-electron chi connectivity index (χ1n) is 8.91. The van der Waals surface area contributed by atoms with E-state index < -0.39 is 10.0 Å². The fourth-order valence-electron chi connectivity index (χ4n) is 2.60. The fraction of sp³-hybridized carbons (Fsp3) is 0.667. The summed E-state index contributed by atoms with van der Waals surface area (Å²) in [5, 5.41) is 0. The minimum absolute atomic E-state index is 0.259. The van der Waals surface area contributed by atoms with Crippen molar-refractivity contribution in [2.45, 2.75) is 76.0 Å². The molecule has 0 bridgehead atoms. The zero-order valence-electron chi connectivity index (χ0n) is 14.4. The van der Waals surface area contributed by atoms with Gasteiger partial charge in [-0.05, 0) is 18.6 Å². The summed E-state index contributed by atoms with van der Waals surface area (Å²) in [5.74, 6) is 5.74. The molecule has 1 rings (SSSR count). The van der Waals surface area contributed by atoms with Crippen molar-refractivity contribution < 1.29 is 8.42 Å². The van der Waals surface area contributed by atoms with E-state index >= 15 is 0 Å². The summed E-state index contributed by atoms with van der Waals surface area (Å²) in [5.41, 5.74) is 0. The van der Waals surface area contributed by atoms with Crippen molar-refractivity contribution in [3.05, 3.63) is 30.3 Å². The largest absolute Gasteiger partial charge is 0.255 e. The van der Waals surface area contributed by atoms with E-state index in [9.17, 15) is 8.42 Å². The van der Waals surface area contributed by atoms with Crippen molar-refractivity contribution in [2.75, 3.05) is 6.54 Å². The number of nitrogens with zero attached hydrogens (tertiary/aromatic N) is 1. The van der Waals surface area contributed by atoms with Gasteiger partial charge in [-0.1, -0.05) is 82.9 Å². The zero-order chi connectivity index (χ0) is 17.0. The lowest BCUT2D eigenvalue weighted by molar-refractivity contribution is 0.409. The van der Waals surface area contributed by atoms with E-state index in [1.54, 1.807) is 30.3 Å². The molecule has 0 saturated heterocycles. The number of hydrogen-bond acceptors (Lipinski definition) is 3. The molecule has 0 saturated carbocycles. The third kappa shape index (κ3) is 7.95. The van der Waals surface area contributed by atoms with Crippen LogP contribution in [0.3, 0.4) is 0 Å². The quantitative estimate of drug-likeness (QED) is 0.327. The number of hydrazine groups is 1. The molecule has 0 atom stereocenters. The van der Waals surface area contributed by atoms with Crippen LogP contribution in [-0.2, 0) is 10.0 Å². The second-order valence-corrected chi connectivity index (χ2v) is 8.00. The van der Waals surface area contributed by atoms with Crippen molar-refractivity contribution in [1.29, 1.82) is 0 Å². The summed E-state index contributed by atoms with van der Waals surface area (Å²) in [7, 11) is -3.54. The summed E-state index contributed by atoms with van der Waals surface area (Å²) in [4.78, 5) is 0.259. The van der Waals surface area contributed by atoms with Gasteiger partial charge in [-0.25, -0.2) is 8.42 Å². The lowest BCUT2D eigenvalue weighted by Crippen LogP contribution is -2.38. The summed E-state index contributed by atoms with van der Waals surface area (Å²) in [6, 6.07) is 8.37. The number of unbranched alkanes of at least 4 members (excludes halogenated alkanes) is 9. The van der Waals surface area contributed by atoms with Crippen molar-refractivity contribution >= 4 is 10.0 Å². The standard InChI is InChI=1S/C18H32N2O2S/c1-2-3-4-5-6-7-8-9-10-14-17-20(19)23(21,22)18-15-12-11-13-16-18/h11-13,15-16H,2-10,14,17,19H2,1H3. The van der Waals surface area contributed by atoms with Crippen LogP contribution < -0.4 is 5.84 Å². The first-order valence-corrected chi connectivity index (χ1v) is 10.4. The monoisotopic (exact) mass is 340 g/mol. The van der Waals surface area contributed by atoms with Crippen LogP contribution in [0.1, 0.15) is 71.1 Å². The van der Waals surface area contributed by atoms with Gasteiger partial charge in [0.15, 0.2) is 0 Å². The van der Waals surface area contributed by atoms with Gasteiger partial charge in [0, 0.05) is 6.54 Å². The Balaban J connectivity index is 2.11. The van der Waals surface area contributed by atoms with Crippen LogP contribution in [0, 0.1) is 0 Å². The Hall–Kier alpha value is -0.910.